The first-order valence-electron chi connectivity index (χ1n) is 7.77. The fourth-order valence-electron chi connectivity index (χ4n) is 2.45. The number of ketones is 2. The number of primary amides is 1. The van der Waals surface area contributed by atoms with Crippen LogP contribution in [0.25, 0.3) is 11.4 Å². The van der Waals surface area contributed by atoms with Crippen LogP contribution in [-0.2, 0) is 14.4 Å². The summed E-state index contributed by atoms with van der Waals surface area (Å²) in [7, 11) is 0. The number of amides is 2. The van der Waals surface area contributed by atoms with Crippen molar-refractivity contribution < 1.29 is 19.2 Å². The Kier molecular flexibility index (Phi) is 5.27. The molecule has 0 aliphatic heterocycles. The van der Waals surface area contributed by atoms with Crippen LogP contribution in [-0.4, -0.2) is 43.2 Å². The summed E-state index contributed by atoms with van der Waals surface area (Å²) in [4.78, 5) is 51.5. The molecule has 1 unspecified atom stereocenters. The van der Waals surface area contributed by atoms with Crippen molar-refractivity contribution >= 4 is 35.1 Å². The van der Waals surface area contributed by atoms with Crippen molar-refractivity contribution in [3.63, 3.8) is 0 Å². The molecule has 0 saturated carbocycles. The number of aromatic nitrogens is 3. The summed E-state index contributed by atoms with van der Waals surface area (Å²) in [5.41, 5.74) is 6.26. The van der Waals surface area contributed by atoms with Gasteiger partial charge in [0, 0.05) is 12.6 Å². The highest BCUT2D eigenvalue weighted by molar-refractivity contribution is 6.99. The van der Waals surface area contributed by atoms with Gasteiger partial charge in [0.1, 0.15) is 11.7 Å². The topological polar surface area (TPSA) is 145 Å². The number of hydrogen-bond donors (Lipinski definition) is 2. The summed E-state index contributed by atoms with van der Waals surface area (Å²) in [5.74, 6) is -3.09. The molecule has 2 heterocycles. The molecule has 1 atom stereocenters. The van der Waals surface area contributed by atoms with E-state index in [1.165, 1.54) is 18.2 Å². The monoisotopic (exact) mass is 383 g/mol. The minimum absolute atomic E-state index is 0.0204. The molecule has 2 aromatic heterocycles. The van der Waals surface area contributed by atoms with Crippen molar-refractivity contribution in [2.45, 2.75) is 12.5 Å². The van der Waals surface area contributed by atoms with E-state index in [2.05, 4.69) is 19.0 Å². The highest BCUT2D eigenvalue weighted by Crippen LogP contribution is 2.20. The Labute approximate surface area is 157 Å². The van der Waals surface area contributed by atoms with Crippen LogP contribution in [0.2, 0.25) is 0 Å². The largest absolute Gasteiger partial charge is 0.363 e. The smallest absolute Gasteiger partial charge is 0.287 e. The normalized spacial score (nSPS) is 13.9. The van der Waals surface area contributed by atoms with Gasteiger partial charge in [0.05, 0.1) is 17.4 Å². The lowest BCUT2D eigenvalue weighted by Gasteiger charge is -2.15. The van der Waals surface area contributed by atoms with E-state index in [-0.39, 0.29) is 23.6 Å². The molecule has 0 bridgehead atoms. The van der Waals surface area contributed by atoms with Crippen molar-refractivity contribution in [2.75, 3.05) is 0 Å². The van der Waals surface area contributed by atoms with Gasteiger partial charge in [-0.15, -0.1) is 0 Å². The van der Waals surface area contributed by atoms with E-state index in [9.17, 15) is 19.2 Å². The van der Waals surface area contributed by atoms with Crippen LogP contribution >= 0.6 is 11.7 Å². The van der Waals surface area contributed by atoms with Gasteiger partial charge in [-0.2, -0.15) is 8.75 Å². The van der Waals surface area contributed by atoms with E-state index in [1.807, 2.05) is 0 Å². The Morgan fingerprint density at radius 2 is 2.00 bits per heavy atom. The van der Waals surface area contributed by atoms with Crippen LogP contribution in [0.5, 0.6) is 0 Å². The third-order valence-corrected chi connectivity index (χ3v) is 4.23. The molecule has 2 amide bonds. The van der Waals surface area contributed by atoms with Crippen molar-refractivity contribution in [3.8, 4) is 11.4 Å². The number of carbonyl (C=O) groups is 4. The zero-order valence-electron chi connectivity index (χ0n) is 13.8. The van der Waals surface area contributed by atoms with Gasteiger partial charge in [-0.05, 0) is 29.9 Å². The molecular formula is C17H13N5O4S. The molecule has 9 nitrogen and oxygen atoms in total. The van der Waals surface area contributed by atoms with E-state index in [0.717, 1.165) is 11.7 Å². The summed E-state index contributed by atoms with van der Waals surface area (Å²) in [6.07, 6.45) is 5.65. The molecule has 3 N–H and O–H groups in total. The van der Waals surface area contributed by atoms with Crippen LogP contribution in [0.15, 0.2) is 48.2 Å². The molecule has 10 heteroatoms. The van der Waals surface area contributed by atoms with Gasteiger partial charge in [-0.3, -0.25) is 24.2 Å². The summed E-state index contributed by atoms with van der Waals surface area (Å²) >= 11 is 0.820. The van der Waals surface area contributed by atoms with Gasteiger partial charge in [-0.1, -0.05) is 12.1 Å². The number of nitrogens with two attached hydrogens (primary N) is 1. The summed E-state index contributed by atoms with van der Waals surface area (Å²) in [6, 6.07) is 3.89. The first-order valence-corrected chi connectivity index (χ1v) is 8.50. The van der Waals surface area contributed by atoms with Gasteiger partial charge in [0.15, 0.2) is 11.5 Å². The van der Waals surface area contributed by atoms with Crippen molar-refractivity contribution in [1.82, 2.24) is 19.0 Å². The summed E-state index contributed by atoms with van der Waals surface area (Å²) in [5, 5.41) is 2.45. The minimum Gasteiger partial charge on any atom is -0.363 e. The number of Topliss-reactive ketones (excluding diaryl/α,β-unsaturated/α-hetero) is 1. The van der Waals surface area contributed by atoms with Crippen molar-refractivity contribution in [2.24, 2.45) is 5.73 Å². The molecule has 136 valence electrons. The third-order valence-electron chi connectivity index (χ3n) is 3.70. The highest BCUT2D eigenvalue weighted by atomic mass is 32.1. The van der Waals surface area contributed by atoms with E-state index in [4.69, 9.17) is 5.73 Å². The van der Waals surface area contributed by atoms with Crippen LogP contribution in [0.1, 0.15) is 16.9 Å². The first-order chi connectivity index (χ1) is 13.0. The molecule has 0 radical (unpaired) electrons. The van der Waals surface area contributed by atoms with E-state index >= 15 is 0 Å². The molecule has 1 aliphatic rings. The number of nitrogens with zero attached hydrogens (tertiary/aromatic N) is 3. The summed E-state index contributed by atoms with van der Waals surface area (Å²) < 4.78 is 8.03. The lowest BCUT2D eigenvalue weighted by Crippen LogP contribution is -2.46. The molecule has 0 aromatic carbocycles. The van der Waals surface area contributed by atoms with Gasteiger partial charge in [-0.25, -0.2) is 0 Å². The van der Waals surface area contributed by atoms with Crippen molar-refractivity contribution in [1.29, 1.82) is 0 Å². The molecule has 3 rings (SSSR count). The Morgan fingerprint density at radius 1 is 1.19 bits per heavy atom. The molecule has 0 saturated heterocycles. The minimum atomic E-state index is -1.23. The average Bonchev–Trinajstić information content (AvgIpc) is 3.30. The Bertz CT molecular complexity index is 980. The maximum atomic E-state index is 12.6. The maximum Gasteiger partial charge on any atom is 0.287 e. The number of hydrogen-bond acceptors (Lipinski definition) is 8. The molecule has 27 heavy (non-hydrogen) atoms. The Balaban J connectivity index is 1.83. The van der Waals surface area contributed by atoms with Crippen LogP contribution < -0.4 is 11.1 Å². The lowest BCUT2D eigenvalue weighted by molar-refractivity contribution is -0.137. The Morgan fingerprint density at radius 3 is 2.63 bits per heavy atom. The van der Waals surface area contributed by atoms with E-state index < -0.39 is 23.6 Å². The zero-order valence-corrected chi connectivity index (χ0v) is 14.6. The second-order valence-corrected chi connectivity index (χ2v) is 6.12. The van der Waals surface area contributed by atoms with Crippen LogP contribution in [0, 0.1) is 0 Å². The predicted molar refractivity (Wildman–Crippen MR) is 95.4 cm³/mol. The number of nitrogens with one attached hydrogen (secondary N) is 1. The SMILES string of the molecule is NC(=O)C(=O)C(CC1=CC(=O)C=C1)NC(=O)c1nsnc1-c1ccccn1. The van der Waals surface area contributed by atoms with E-state index in [0.29, 0.717) is 11.3 Å². The van der Waals surface area contributed by atoms with Crippen molar-refractivity contribution in [3.05, 3.63) is 53.9 Å². The first kappa shape index (κ1) is 18.3. The predicted octanol–water partition coefficient (Wildman–Crippen LogP) is 0.208. The van der Waals surface area contributed by atoms with Crippen LogP contribution in [0.3, 0.4) is 0 Å². The number of rotatable bonds is 7. The quantitative estimate of drug-likeness (QED) is 0.650. The number of allylic oxidation sites excluding steroid dienone is 3. The van der Waals surface area contributed by atoms with E-state index in [1.54, 1.807) is 24.4 Å². The van der Waals surface area contributed by atoms with Gasteiger partial charge in [0.25, 0.3) is 11.8 Å². The molecule has 0 spiro atoms. The fraction of sp³-hybridized carbons (Fsp3) is 0.118. The molecule has 0 fully saturated rings. The van der Waals surface area contributed by atoms with Gasteiger partial charge < -0.3 is 11.1 Å². The Hall–Kier alpha value is -3.53. The van der Waals surface area contributed by atoms with Crippen LogP contribution in [0.4, 0.5) is 0 Å². The lowest BCUT2D eigenvalue weighted by atomic mass is 10.0. The fourth-order valence-corrected chi connectivity index (χ4v) is 3.00. The zero-order chi connectivity index (χ0) is 19.4. The van der Waals surface area contributed by atoms with Gasteiger partial charge >= 0.3 is 0 Å². The third kappa shape index (κ3) is 4.18. The van der Waals surface area contributed by atoms with Gasteiger partial charge in [0.2, 0.25) is 5.78 Å². The second-order valence-electron chi connectivity index (χ2n) is 5.59. The number of carbonyl (C=O) groups excluding carboxylic acids is 4. The number of pyridine rings is 1. The second kappa shape index (κ2) is 7.79. The average molecular weight is 383 g/mol. The standard InChI is InChI=1S/C17H13N5O4S/c18-16(25)15(24)12(8-9-4-5-10(23)7-9)20-17(26)14-13(21-27-22-14)11-3-1-2-6-19-11/h1-7,12H,8H2,(H2,18,25)(H,20,26). The summed E-state index contributed by atoms with van der Waals surface area (Å²) in [6.45, 7) is 0. The molecular weight excluding hydrogens is 370 g/mol. The maximum absolute atomic E-state index is 12.6. The molecule has 2 aromatic rings. The highest BCUT2D eigenvalue weighted by Gasteiger charge is 2.29. The molecule has 1 aliphatic carbocycles.